The molecule has 20 heavy (non-hydrogen) atoms. The van der Waals surface area contributed by atoms with Crippen LogP contribution in [0.3, 0.4) is 0 Å². The Hall–Kier alpha value is -1.29. The van der Waals surface area contributed by atoms with Crippen molar-refractivity contribution in [2.75, 3.05) is 18.5 Å². The fraction of sp³-hybridized carbons (Fsp3) is 0.200. The molecule has 106 valence electrons. The molecule has 1 unspecified atom stereocenters. The summed E-state index contributed by atoms with van der Waals surface area (Å²) in [6, 6.07) is 11.7. The fourth-order valence-electron chi connectivity index (χ4n) is 2.18. The zero-order valence-electron chi connectivity index (χ0n) is 11.0. The lowest BCUT2D eigenvalue weighted by molar-refractivity contribution is 0.603. The Morgan fingerprint density at radius 1 is 1.15 bits per heavy atom. The third kappa shape index (κ3) is 2.90. The number of hydrogen-bond donors (Lipinski definition) is 1. The van der Waals surface area contributed by atoms with Gasteiger partial charge in [-0.1, -0.05) is 47.5 Å². The molecule has 2 aromatic rings. The van der Waals surface area contributed by atoms with Gasteiger partial charge in [0.2, 0.25) is 0 Å². The van der Waals surface area contributed by atoms with E-state index in [0.29, 0.717) is 22.3 Å². The van der Waals surface area contributed by atoms with Crippen LogP contribution >= 0.6 is 23.2 Å². The van der Waals surface area contributed by atoms with Gasteiger partial charge in [-0.3, -0.25) is 0 Å². The van der Waals surface area contributed by atoms with E-state index in [1.165, 1.54) is 6.07 Å². The van der Waals surface area contributed by atoms with E-state index in [4.69, 9.17) is 28.9 Å². The van der Waals surface area contributed by atoms with Gasteiger partial charge in [0.1, 0.15) is 5.82 Å². The van der Waals surface area contributed by atoms with Crippen molar-refractivity contribution in [3.63, 3.8) is 0 Å². The Kier molecular flexibility index (Phi) is 4.86. The molecule has 2 aromatic carbocycles. The van der Waals surface area contributed by atoms with Crippen molar-refractivity contribution in [1.82, 2.24) is 0 Å². The van der Waals surface area contributed by atoms with Crippen molar-refractivity contribution >= 4 is 28.9 Å². The Balaban J connectivity index is 2.42. The zero-order valence-corrected chi connectivity index (χ0v) is 12.5. The summed E-state index contributed by atoms with van der Waals surface area (Å²) in [5, 5.41) is 0.914. The van der Waals surface area contributed by atoms with Gasteiger partial charge in [0.15, 0.2) is 0 Å². The number of anilines is 1. The highest BCUT2D eigenvalue weighted by atomic mass is 35.5. The molecule has 0 saturated heterocycles. The first-order chi connectivity index (χ1) is 9.56. The number of halogens is 3. The van der Waals surface area contributed by atoms with Gasteiger partial charge >= 0.3 is 0 Å². The van der Waals surface area contributed by atoms with Crippen LogP contribution in [0.5, 0.6) is 0 Å². The molecule has 0 aliphatic carbocycles. The highest BCUT2D eigenvalue weighted by Gasteiger charge is 2.21. The minimum Gasteiger partial charge on any atom is -0.364 e. The molecule has 0 aliphatic heterocycles. The van der Waals surface area contributed by atoms with Crippen LogP contribution in [0.2, 0.25) is 10.0 Å². The molecule has 0 heterocycles. The van der Waals surface area contributed by atoms with Gasteiger partial charge in [-0.2, -0.15) is 0 Å². The summed E-state index contributed by atoms with van der Waals surface area (Å²) in [6.45, 7) is 0.297. The topological polar surface area (TPSA) is 29.3 Å². The van der Waals surface area contributed by atoms with Gasteiger partial charge in [0.25, 0.3) is 0 Å². The summed E-state index contributed by atoms with van der Waals surface area (Å²) < 4.78 is 13.9. The first-order valence-corrected chi connectivity index (χ1v) is 6.93. The van der Waals surface area contributed by atoms with Crippen molar-refractivity contribution in [1.29, 1.82) is 0 Å². The van der Waals surface area contributed by atoms with Crippen LogP contribution in [-0.4, -0.2) is 13.6 Å². The van der Waals surface area contributed by atoms with Crippen LogP contribution in [0, 0.1) is 5.82 Å². The standard InChI is InChI=1S/C15H15Cl2FN2/c1-20(13-8-3-2-7-12(13)18)14(9-19)10-5-4-6-11(16)15(10)17/h2-8,14H,9,19H2,1H3. The summed E-state index contributed by atoms with van der Waals surface area (Å²) in [5.41, 5.74) is 7.10. The van der Waals surface area contributed by atoms with E-state index in [1.54, 1.807) is 42.3 Å². The Bertz CT molecular complexity index is 604. The minimum atomic E-state index is -0.299. The van der Waals surface area contributed by atoms with Gasteiger partial charge < -0.3 is 10.6 Å². The van der Waals surface area contributed by atoms with E-state index in [2.05, 4.69) is 0 Å². The Morgan fingerprint density at radius 2 is 1.85 bits per heavy atom. The largest absolute Gasteiger partial charge is 0.364 e. The molecule has 0 aromatic heterocycles. The average molecular weight is 313 g/mol. The molecule has 0 fully saturated rings. The summed E-state index contributed by atoms with van der Waals surface area (Å²) >= 11 is 12.3. The second-order valence-electron chi connectivity index (χ2n) is 4.46. The summed E-state index contributed by atoms with van der Waals surface area (Å²) in [7, 11) is 1.78. The maximum atomic E-state index is 13.9. The molecule has 0 bridgehead atoms. The second-order valence-corrected chi connectivity index (χ2v) is 5.24. The molecule has 5 heteroatoms. The van der Waals surface area contributed by atoms with Crippen LogP contribution < -0.4 is 10.6 Å². The second kappa shape index (κ2) is 6.44. The number of likely N-dealkylation sites (N-methyl/N-ethyl adjacent to an activating group) is 1. The maximum absolute atomic E-state index is 13.9. The molecule has 0 spiro atoms. The normalized spacial score (nSPS) is 12.2. The van der Waals surface area contributed by atoms with E-state index in [1.807, 2.05) is 6.07 Å². The average Bonchev–Trinajstić information content (AvgIpc) is 2.44. The maximum Gasteiger partial charge on any atom is 0.146 e. The van der Waals surface area contributed by atoms with Gasteiger partial charge in [-0.25, -0.2) is 4.39 Å². The van der Waals surface area contributed by atoms with Crippen molar-refractivity contribution < 1.29 is 4.39 Å². The number of para-hydroxylation sites is 1. The summed E-state index contributed by atoms with van der Waals surface area (Å²) in [5.74, 6) is -0.299. The molecular formula is C15H15Cl2FN2. The van der Waals surface area contributed by atoms with Gasteiger partial charge in [-0.15, -0.1) is 0 Å². The molecule has 1 atom stereocenters. The fourth-order valence-corrected chi connectivity index (χ4v) is 2.61. The van der Waals surface area contributed by atoms with Crippen LogP contribution in [0.4, 0.5) is 10.1 Å². The molecule has 0 radical (unpaired) electrons. The number of nitrogens with two attached hydrogens (primary N) is 1. The van der Waals surface area contributed by atoms with Crippen molar-refractivity contribution in [2.45, 2.75) is 6.04 Å². The monoisotopic (exact) mass is 312 g/mol. The van der Waals surface area contributed by atoms with Crippen LogP contribution in [-0.2, 0) is 0 Å². The first-order valence-electron chi connectivity index (χ1n) is 6.17. The number of hydrogen-bond acceptors (Lipinski definition) is 2. The van der Waals surface area contributed by atoms with Gasteiger partial charge in [0, 0.05) is 13.6 Å². The Morgan fingerprint density at radius 3 is 2.50 bits per heavy atom. The predicted molar refractivity (Wildman–Crippen MR) is 83.1 cm³/mol. The molecule has 2 nitrogen and oxygen atoms in total. The van der Waals surface area contributed by atoms with Crippen LogP contribution in [0.15, 0.2) is 42.5 Å². The molecule has 0 saturated carbocycles. The van der Waals surface area contributed by atoms with Crippen LogP contribution in [0.25, 0.3) is 0 Å². The molecular weight excluding hydrogens is 298 g/mol. The van der Waals surface area contributed by atoms with Crippen molar-refractivity contribution in [2.24, 2.45) is 5.73 Å². The van der Waals surface area contributed by atoms with E-state index in [9.17, 15) is 4.39 Å². The number of rotatable bonds is 4. The smallest absolute Gasteiger partial charge is 0.146 e. The molecule has 2 N–H and O–H groups in total. The number of nitrogens with zero attached hydrogens (tertiary/aromatic N) is 1. The zero-order chi connectivity index (χ0) is 14.7. The third-order valence-corrected chi connectivity index (χ3v) is 4.10. The lowest BCUT2D eigenvalue weighted by Gasteiger charge is -2.30. The Labute approximate surface area is 127 Å². The van der Waals surface area contributed by atoms with Crippen molar-refractivity contribution in [3.8, 4) is 0 Å². The van der Waals surface area contributed by atoms with Crippen molar-refractivity contribution in [3.05, 3.63) is 63.9 Å². The first kappa shape index (κ1) is 15.1. The lowest BCUT2D eigenvalue weighted by atomic mass is 10.0. The van der Waals surface area contributed by atoms with Gasteiger partial charge in [0.05, 0.1) is 21.8 Å². The highest BCUT2D eigenvalue weighted by Crippen LogP contribution is 2.34. The van der Waals surface area contributed by atoms with Gasteiger partial charge in [-0.05, 0) is 23.8 Å². The summed E-state index contributed by atoms with van der Waals surface area (Å²) in [6.07, 6.45) is 0. The molecule has 2 rings (SSSR count). The number of benzene rings is 2. The van der Waals surface area contributed by atoms with E-state index >= 15 is 0 Å². The molecule has 0 amide bonds. The third-order valence-electron chi connectivity index (χ3n) is 3.26. The van der Waals surface area contributed by atoms with Crippen LogP contribution in [0.1, 0.15) is 11.6 Å². The predicted octanol–water partition coefficient (Wildman–Crippen LogP) is 4.27. The minimum absolute atomic E-state index is 0.252. The molecule has 0 aliphatic rings. The van der Waals surface area contributed by atoms with E-state index in [-0.39, 0.29) is 11.9 Å². The highest BCUT2D eigenvalue weighted by molar-refractivity contribution is 6.42. The lowest BCUT2D eigenvalue weighted by Crippen LogP contribution is -2.31. The van der Waals surface area contributed by atoms with E-state index < -0.39 is 0 Å². The SMILES string of the molecule is CN(c1ccccc1F)C(CN)c1cccc(Cl)c1Cl. The quantitative estimate of drug-likeness (QED) is 0.913. The summed E-state index contributed by atoms with van der Waals surface area (Å²) in [4.78, 5) is 1.77. The van der Waals surface area contributed by atoms with E-state index in [0.717, 1.165) is 5.56 Å².